The number of hydrogen-bond donors (Lipinski definition) is 1. The van der Waals surface area contributed by atoms with Gasteiger partial charge < -0.3 is 19.6 Å². The molecule has 0 rings (SSSR count). The molecule has 0 aliphatic rings. The van der Waals surface area contributed by atoms with E-state index in [4.69, 9.17) is 4.74 Å². The van der Waals surface area contributed by atoms with Crippen LogP contribution in [0.15, 0.2) is 0 Å². The SMILES string of the molecule is CCOCCN(CC)C(=O)N(CC)C(C)(C)C(=O)O. The molecule has 6 nitrogen and oxygen atoms in total. The molecule has 0 atom stereocenters. The third kappa shape index (κ3) is 4.70. The van der Waals surface area contributed by atoms with Gasteiger partial charge in [-0.05, 0) is 34.6 Å². The van der Waals surface area contributed by atoms with E-state index in [0.29, 0.717) is 32.8 Å². The number of ether oxygens (including phenoxy) is 1. The van der Waals surface area contributed by atoms with E-state index < -0.39 is 11.5 Å². The number of urea groups is 1. The van der Waals surface area contributed by atoms with Gasteiger partial charge in [0, 0.05) is 26.2 Å². The highest BCUT2D eigenvalue weighted by atomic mass is 16.5. The lowest BCUT2D eigenvalue weighted by Crippen LogP contribution is -2.57. The van der Waals surface area contributed by atoms with Crippen LogP contribution in [0, 0.1) is 0 Å². The molecule has 6 heteroatoms. The second-order valence-corrected chi connectivity index (χ2v) is 4.67. The molecular formula is C13H26N2O4. The van der Waals surface area contributed by atoms with Crippen LogP contribution in [0.1, 0.15) is 34.6 Å². The predicted molar refractivity (Wildman–Crippen MR) is 73.2 cm³/mol. The fourth-order valence-electron chi connectivity index (χ4n) is 1.76. The van der Waals surface area contributed by atoms with E-state index in [1.54, 1.807) is 11.8 Å². The maximum Gasteiger partial charge on any atom is 0.329 e. The summed E-state index contributed by atoms with van der Waals surface area (Å²) in [6, 6.07) is -0.267. The zero-order valence-corrected chi connectivity index (χ0v) is 12.6. The standard InChI is InChI=1S/C13H26N2O4/c1-6-14(9-10-19-8-3)12(18)15(7-2)13(4,5)11(16)17/h6-10H2,1-5H3,(H,16,17). The summed E-state index contributed by atoms with van der Waals surface area (Å²) in [7, 11) is 0. The number of hydrogen-bond acceptors (Lipinski definition) is 3. The molecule has 1 N–H and O–H groups in total. The molecule has 0 aromatic heterocycles. The number of carboxylic acid groups (broad SMARTS) is 1. The Bertz CT molecular complexity index is 305. The van der Waals surface area contributed by atoms with Crippen molar-refractivity contribution in [3.63, 3.8) is 0 Å². The Balaban J connectivity index is 4.84. The lowest BCUT2D eigenvalue weighted by molar-refractivity contribution is -0.147. The second kappa shape index (κ2) is 7.99. The van der Waals surface area contributed by atoms with E-state index in [9.17, 15) is 14.7 Å². The summed E-state index contributed by atoms with van der Waals surface area (Å²) in [5.41, 5.74) is -1.22. The van der Waals surface area contributed by atoms with E-state index in [-0.39, 0.29) is 6.03 Å². The van der Waals surface area contributed by atoms with Crippen LogP contribution in [-0.2, 0) is 9.53 Å². The number of aliphatic carboxylic acids is 1. The average Bonchev–Trinajstić information content (AvgIpc) is 2.34. The Labute approximate surface area is 115 Å². The number of amides is 2. The van der Waals surface area contributed by atoms with Crippen molar-refractivity contribution in [1.29, 1.82) is 0 Å². The highest BCUT2D eigenvalue weighted by molar-refractivity contribution is 5.85. The summed E-state index contributed by atoms with van der Waals surface area (Å²) < 4.78 is 5.23. The minimum Gasteiger partial charge on any atom is -0.480 e. The highest BCUT2D eigenvalue weighted by Crippen LogP contribution is 2.16. The molecule has 0 saturated carbocycles. The molecule has 19 heavy (non-hydrogen) atoms. The lowest BCUT2D eigenvalue weighted by atomic mass is 10.0. The van der Waals surface area contributed by atoms with Crippen molar-refractivity contribution < 1.29 is 19.4 Å². The van der Waals surface area contributed by atoms with Crippen molar-refractivity contribution in [1.82, 2.24) is 9.80 Å². The highest BCUT2D eigenvalue weighted by Gasteiger charge is 2.38. The van der Waals surface area contributed by atoms with Crippen molar-refractivity contribution in [3.05, 3.63) is 0 Å². The van der Waals surface area contributed by atoms with Gasteiger partial charge in [-0.25, -0.2) is 9.59 Å². The molecule has 0 aromatic carbocycles. The van der Waals surface area contributed by atoms with Crippen LogP contribution < -0.4 is 0 Å². The topological polar surface area (TPSA) is 70.1 Å². The molecule has 0 saturated heterocycles. The van der Waals surface area contributed by atoms with Crippen LogP contribution in [0.4, 0.5) is 4.79 Å². The van der Waals surface area contributed by atoms with Gasteiger partial charge in [0.1, 0.15) is 5.54 Å². The fraction of sp³-hybridized carbons (Fsp3) is 0.846. The Kier molecular flexibility index (Phi) is 7.44. The summed E-state index contributed by atoms with van der Waals surface area (Å²) in [5, 5.41) is 9.22. The molecule has 0 unspecified atom stereocenters. The zero-order valence-electron chi connectivity index (χ0n) is 12.6. The fourth-order valence-corrected chi connectivity index (χ4v) is 1.76. The molecule has 0 bridgehead atoms. The van der Waals surface area contributed by atoms with Crippen LogP contribution in [0.3, 0.4) is 0 Å². The summed E-state index contributed by atoms with van der Waals surface area (Å²) in [4.78, 5) is 26.6. The number of likely N-dealkylation sites (N-methyl/N-ethyl adjacent to an activating group) is 2. The molecule has 0 aromatic rings. The Hall–Kier alpha value is -1.30. The summed E-state index contributed by atoms with van der Waals surface area (Å²) in [5.74, 6) is -1.01. The number of nitrogens with zero attached hydrogens (tertiary/aromatic N) is 2. The van der Waals surface area contributed by atoms with Crippen LogP contribution in [-0.4, -0.2) is 65.3 Å². The van der Waals surface area contributed by atoms with Crippen LogP contribution in [0.25, 0.3) is 0 Å². The van der Waals surface area contributed by atoms with Crippen molar-refractivity contribution in [2.45, 2.75) is 40.2 Å². The first-order valence-electron chi connectivity index (χ1n) is 6.70. The second-order valence-electron chi connectivity index (χ2n) is 4.67. The summed E-state index contributed by atoms with van der Waals surface area (Å²) in [6.07, 6.45) is 0. The molecule has 0 aliphatic carbocycles. The third-order valence-corrected chi connectivity index (χ3v) is 3.11. The zero-order chi connectivity index (χ0) is 15.1. The molecule has 0 spiro atoms. The quantitative estimate of drug-likeness (QED) is 0.683. The van der Waals surface area contributed by atoms with Gasteiger partial charge in [0.15, 0.2) is 0 Å². The van der Waals surface area contributed by atoms with E-state index in [2.05, 4.69) is 0 Å². The van der Waals surface area contributed by atoms with Gasteiger partial charge >= 0.3 is 12.0 Å². The molecule has 2 amide bonds. The normalized spacial score (nSPS) is 11.2. The predicted octanol–water partition coefficient (Wildman–Crippen LogP) is 1.65. The van der Waals surface area contributed by atoms with Gasteiger partial charge in [-0.1, -0.05) is 0 Å². The van der Waals surface area contributed by atoms with Crippen LogP contribution in [0.2, 0.25) is 0 Å². The van der Waals surface area contributed by atoms with Crippen LogP contribution in [0.5, 0.6) is 0 Å². The molecule has 0 fully saturated rings. The number of carbonyl (C=O) groups excluding carboxylic acids is 1. The number of rotatable bonds is 8. The molecular weight excluding hydrogens is 248 g/mol. The third-order valence-electron chi connectivity index (χ3n) is 3.11. The summed E-state index contributed by atoms with van der Waals surface area (Å²) in [6.45, 7) is 11.0. The number of carbonyl (C=O) groups is 2. The Morgan fingerprint density at radius 3 is 2.11 bits per heavy atom. The Morgan fingerprint density at radius 2 is 1.74 bits per heavy atom. The van der Waals surface area contributed by atoms with Crippen molar-refractivity contribution in [3.8, 4) is 0 Å². The van der Waals surface area contributed by atoms with E-state index >= 15 is 0 Å². The maximum atomic E-state index is 12.4. The van der Waals surface area contributed by atoms with Gasteiger partial charge in [0.05, 0.1) is 6.61 Å². The molecule has 112 valence electrons. The molecule has 0 aliphatic heterocycles. The lowest BCUT2D eigenvalue weighted by Gasteiger charge is -2.37. The smallest absolute Gasteiger partial charge is 0.329 e. The van der Waals surface area contributed by atoms with E-state index in [1.807, 2.05) is 13.8 Å². The minimum absolute atomic E-state index is 0.267. The van der Waals surface area contributed by atoms with Crippen molar-refractivity contribution in [2.24, 2.45) is 0 Å². The summed E-state index contributed by atoms with van der Waals surface area (Å²) >= 11 is 0. The van der Waals surface area contributed by atoms with Gasteiger partial charge in [-0.2, -0.15) is 0 Å². The maximum absolute atomic E-state index is 12.4. The monoisotopic (exact) mass is 274 g/mol. The van der Waals surface area contributed by atoms with E-state index in [1.165, 1.54) is 18.7 Å². The van der Waals surface area contributed by atoms with E-state index in [0.717, 1.165) is 0 Å². The number of carboxylic acids is 1. The average molecular weight is 274 g/mol. The largest absolute Gasteiger partial charge is 0.480 e. The molecule has 0 heterocycles. The molecule has 0 radical (unpaired) electrons. The first-order valence-corrected chi connectivity index (χ1v) is 6.70. The van der Waals surface area contributed by atoms with Crippen molar-refractivity contribution in [2.75, 3.05) is 32.8 Å². The van der Waals surface area contributed by atoms with Crippen molar-refractivity contribution >= 4 is 12.0 Å². The van der Waals surface area contributed by atoms with Gasteiger partial charge in [0.2, 0.25) is 0 Å². The van der Waals surface area contributed by atoms with Gasteiger partial charge in [0.25, 0.3) is 0 Å². The van der Waals surface area contributed by atoms with Gasteiger partial charge in [-0.15, -0.1) is 0 Å². The first kappa shape index (κ1) is 17.7. The van der Waals surface area contributed by atoms with Crippen LogP contribution >= 0.6 is 0 Å². The first-order chi connectivity index (χ1) is 8.82. The van der Waals surface area contributed by atoms with Gasteiger partial charge in [-0.3, -0.25) is 0 Å². The Morgan fingerprint density at radius 1 is 1.16 bits per heavy atom. The minimum atomic E-state index is -1.22.